The van der Waals surface area contributed by atoms with E-state index in [-0.39, 0.29) is 11.7 Å². The van der Waals surface area contributed by atoms with Gasteiger partial charge in [0.05, 0.1) is 11.4 Å². The number of thioether (sulfide) groups is 1. The Morgan fingerprint density at radius 3 is 2.67 bits per heavy atom. The van der Waals surface area contributed by atoms with Crippen molar-refractivity contribution in [2.75, 3.05) is 18.8 Å². The van der Waals surface area contributed by atoms with Gasteiger partial charge in [0.1, 0.15) is 5.75 Å². The molecule has 0 unspecified atom stereocenters. The van der Waals surface area contributed by atoms with Crippen LogP contribution in [0.3, 0.4) is 0 Å². The maximum atomic E-state index is 12.0. The molecule has 0 aliphatic carbocycles. The fraction of sp³-hybridized carbons (Fsp3) is 0.385. The van der Waals surface area contributed by atoms with Gasteiger partial charge in [-0.15, -0.1) is 5.10 Å². The lowest BCUT2D eigenvalue weighted by molar-refractivity contribution is -0.127. The van der Waals surface area contributed by atoms with Crippen molar-refractivity contribution in [3.05, 3.63) is 24.3 Å². The smallest absolute Gasteiger partial charge is 0.233 e. The highest BCUT2D eigenvalue weighted by atomic mass is 32.2. The second-order valence-electron chi connectivity index (χ2n) is 4.77. The maximum Gasteiger partial charge on any atom is 0.233 e. The number of nitrogens with zero attached hydrogens (tertiary/aromatic N) is 5. The van der Waals surface area contributed by atoms with Gasteiger partial charge in [0.25, 0.3) is 0 Å². The number of aromatic hydroxyl groups is 1. The molecular formula is C13H15N5O2S. The number of tetrazole rings is 1. The second-order valence-corrected chi connectivity index (χ2v) is 5.71. The number of aromatic nitrogens is 4. The van der Waals surface area contributed by atoms with Gasteiger partial charge in [-0.25, -0.2) is 0 Å². The van der Waals surface area contributed by atoms with Crippen LogP contribution >= 0.6 is 11.8 Å². The number of likely N-dealkylation sites (tertiary alicyclic amines) is 1. The van der Waals surface area contributed by atoms with Crippen LogP contribution in [0, 0.1) is 0 Å². The van der Waals surface area contributed by atoms with Crippen LogP contribution in [-0.4, -0.2) is 55.0 Å². The Morgan fingerprint density at radius 2 is 1.95 bits per heavy atom. The van der Waals surface area contributed by atoms with E-state index in [1.807, 2.05) is 4.90 Å². The molecule has 1 amide bonds. The molecule has 0 bridgehead atoms. The standard InChI is InChI=1S/C13H15N5O2S/c19-11-5-3-10(4-6-11)18-13(14-15-16-18)21-9-12(20)17-7-1-2-8-17/h3-6,19H,1-2,7-9H2. The first-order valence-corrected chi connectivity index (χ1v) is 7.71. The van der Waals surface area contributed by atoms with Crippen molar-refractivity contribution in [1.29, 1.82) is 0 Å². The van der Waals surface area contributed by atoms with Gasteiger partial charge < -0.3 is 10.0 Å². The third kappa shape index (κ3) is 3.15. The molecule has 1 fully saturated rings. The molecule has 0 atom stereocenters. The molecule has 1 aliphatic heterocycles. The monoisotopic (exact) mass is 305 g/mol. The Hall–Kier alpha value is -2.09. The summed E-state index contributed by atoms with van der Waals surface area (Å²) in [6.07, 6.45) is 2.17. The van der Waals surface area contributed by atoms with Crippen molar-refractivity contribution in [3.63, 3.8) is 0 Å². The van der Waals surface area contributed by atoms with E-state index < -0.39 is 0 Å². The summed E-state index contributed by atoms with van der Waals surface area (Å²) in [5.41, 5.74) is 0.744. The largest absolute Gasteiger partial charge is 0.508 e. The van der Waals surface area contributed by atoms with Crippen molar-refractivity contribution < 1.29 is 9.90 Å². The lowest BCUT2D eigenvalue weighted by Crippen LogP contribution is -2.29. The summed E-state index contributed by atoms with van der Waals surface area (Å²) in [6.45, 7) is 1.70. The van der Waals surface area contributed by atoms with Crippen molar-refractivity contribution in [1.82, 2.24) is 25.1 Å². The number of hydrogen-bond acceptors (Lipinski definition) is 6. The highest BCUT2D eigenvalue weighted by molar-refractivity contribution is 7.99. The Kier molecular flexibility index (Phi) is 4.05. The molecule has 1 aromatic carbocycles. The van der Waals surface area contributed by atoms with Gasteiger partial charge in [-0.1, -0.05) is 11.8 Å². The zero-order chi connectivity index (χ0) is 14.7. The molecule has 0 spiro atoms. The predicted molar refractivity (Wildman–Crippen MR) is 77.4 cm³/mol. The summed E-state index contributed by atoms with van der Waals surface area (Å²) >= 11 is 1.32. The van der Waals surface area contributed by atoms with E-state index in [4.69, 9.17) is 0 Å². The van der Waals surface area contributed by atoms with Gasteiger partial charge in [0.15, 0.2) is 0 Å². The maximum absolute atomic E-state index is 12.0. The third-order valence-electron chi connectivity index (χ3n) is 3.32. The first kappa shape index (κ1) is 13.9. The van der Waals surface area contributed by atoms with Crippen LogP contribution in [-0.2, 0) is 4.79 Å². The normalized spacial score (nSPS) is 14.6. The summed E-state index contributed by atoms with van der Waals surface area (Å²) in [6, 6.07) is 6.58. The zero-order valence-electron chi connectivity index (χ0n) is 11.3. The predicted octanol–water partition coefficient (Wildman–Crippen LogP) is 1.08. The van der Waals surface area contributed by atoms with Gasteiger partial charge in [-0.05, 0) is 47.5 Å². The number of carbonyl (C=O) groups is 1. The van der Waals surface area contributed by atoms with Crippen molar-refractivity contribution in [2.45, 2.75) is 18.0 Å². The van der Waals surface area contributed by atoms with Crippen LogP contribution in [0.25, 0.3) is 5.69 Å². The first-order chi connectivity index (χ1) is 10.2. The number of phenolic OH excluding ortho intramolecular Hbond substituents is 1. The highest BCUT2D eigenvalue weighted by Crippen LogP contribution is 2.20. The van der Waals surface area contributed by atoms with Crippen LogP contribution in [0.5, 0.6) is 5.75 Å². The molecule has 2 heterocycles. The SMILES string of the molecule is O=C(CSc1nnnn1-c1ccc(O)cc1)N1CCCC1. The highest BCUT2D eigenvalue weighted by Gasteiger charge is 2.19. The molecule has 21 heavy (non-hydrogen) atoms. The quantitative estimate of drug-likeness (QED) is 0.851. The van der Waals surface area contributed by atoms with Gasteiger partial charge in [0.2, 0.25) is 11.1 Å². The van der Waals surface area contributed by atoms with Gasteiger partial charge >= 0.3 is 0 Å². The summed E-state index contributed by atoms with van der Waals surface area (Å²) in [5.74, 6) is 0.640. The number of benzene rings is 1. The van der Waals surface area contributed by atoms with Gasteiger partial charge in [0, 0.05) is 13.1 Å². The molecule has 7 nitrogen and oxygen atoms in total. The van der Waals surface area contributed by atoms with Crippen LogP contribution in [0.4, 0.5) is 0 Å². The summed E-state index contributed by atoms with van der Waals surface area (Å²) < 4.78 is 1.56. The molecule has 1 aromatic heterocycles. The Labute approximate surface area is 125 Å². The minimum absolute atomic E-state index is 0.123. The minimum Gasteiger partial charge on any atom is -0.508 e. The van der Waals surface area contributed by atoms with E-state index in [0.717, 1.165) is 31.6 Å². The summed E-state index contributed by atoms with van der Waals surface area (Å²) in [4.78, 5) is 13.9. The summed E-state index contributed by atoms with van der Waals surface area (Å²) in [7, 11) is 0. The Balaban J connectivity index is 1.68. The fourth-order valence-electron chi connectivity index (χ4n) is 2.21. The Morgan fingerprint density at radius 1 is 1.24 bits per heavy atom. The van der Waals surface area contributed by atoms with Gasteiger partial charge in [-0.3, -0.25) is 4.79 Å². The number of phenols is 1. The second kappa shape index (κ2) is 6.13. The van der Waals surface area contributed by atoms with Crippen LogP contribution < -0.4 is 0 Å². The number of hydrogen-bond donors (Lipinski definition) is 1. The molecule has 3 rings (SSSR count). The molecule has 8 heteroatoms. The van der Waals surface area contributed by atoms with Crippen molar-refractivity contribution in [3.8, 4) is 11.4 Å². The summed E-state index contributed by atoms with van der Waals surface area (Å²) in [5, 5.41) is 21.4. The van der Waals surface area contributed by atoms with E-state index in [0.29, 0.717) is 10.9 Å². The van der Waals surface area contributed by atoms with Crippen LogP contribution in [0.1, 0.15) is 12.8 Å². The van der Waals surface area contributed by atoms with E-state index in [2.05, 4.69) is 15.5 Å². The average molecular weight is 305 g/mol. The molecule has 110 valence electrons. The third-order valence-corrected chi connectivity index (χ3v) is 4.22. The van der Waals surface area contributed by atoms with Crippen LogP contribution in [0.15, 0.2) is 29.4 Å². The molecule has 0 saturated carbocycles. The number of amides is 1. The zero-order valence-corrected chi connectivity index (χ0v) is 12.2. The molecule has 1 N–H and O–H groups in total. The number of carbonyl (C=O) groups excluding carboxylic acids is 1. The Bertz CT molecular complexity index is 622. The topological polar surface area (TPSA) is 84.1 Å². The van der Waals surface area contributed by atoms with Crippen LogP contribution in [0.2, 0.25) is 0 Å². The number of rotatable bonds is 4. The fourth-order valence-corrected chi connectivity index (χ4v) is 3.00. The first-order valence-electron chi connectivity index (χ1n) is 6.72. The van der Waals surface area contributed by atoms with E-state index in [9.17, 15) is 9.90 Å². The molecule has 1 aliphatic rings. The average Bonchev–Trinajstić information content (AvgIpc) is 3.17. The van der Waals surface area contributed by atoms with Crippen molar-refractivity contribution >= 4 is 17.7 Å². The molecule has 2 aromatic rings. The van der Waals surface area contributed by atoms with E-state index in [1.165, 1.54) is 11.8 Å². The molecule has 1 saturated heterocycles. The molecular weight excluding hydrogens is 290 g/mol. The van der Waals surface area contributed by atoms with Crippen molar-refractivity contribution in [2.24, 2.45) is 0 Å². The lowest BCUT2D eigenvalue weighted by atomic mass is 10.3. The molecule has 0 radical (unpaired) electrons. The van der Waals surface area contributed by atoms with E-state index in [1.54, 1.807) is 28.9 Å². The minimum atomic E-state index is 0.123. The van der Waals surface area contributed by atoms with E-state index >= 15 is 0 Å². The van der Waals surface area contributed by atoms with Gasteiger partial charge in [-0.2, -0.15) is 4.68 Å². The lowest BCUT2D eigenvalue weighted by Gasteiger charge is -2.14.